The normalized spacial score (nSPS) is 11.9. The summed E-state index contributed by atoms with van der Waals surface area (Å²) in [7, 11) is 0. The molecule has 0 saturated heterocycles. The van der Waals surface area contributed by atoms with Crippen LogP contribution < -0.4 is 10.6 Å². The van der Waals surface area contributed by atoms with Gasteiger partial charge in [-0.25, -0.2) is 4.79 Å². The Labute approximate surface area is 127 Å². The molecule has 2 aromatic rings. The van der Waals surface area contributed by atoms with E-state index in [4.69, 9.17) is 5.11 Å². The van der Waals surface area contributed by atoms with Gasteiger partial charge >= 0.3 is 6.03 Å². The highest BCUT2D eigenvalue weighted by molar-refractivity contribution is 7.18. The van der Waals surface area contributed by atoms with Crippen LogP contribution in [0.15, 0.2) is 30.3 Å². The zero-order valence-electron chi connectivity index (χ0n) is 11.7. The van der Waals surface area contributed by atoms with Crippen molar-refractivity contribution in [3.63, 3.8) is 0 Å². The molecule has 6 nitrogen and oxygen atoms in total. The molecule has 0 aliphatic heterocycles. The lowest BCUT2D eigenvalue weighted by atomic mass is 10.2. The molecule has 0 bridgehead atoms. The van der Waals surface area contributed by atoms with E-state index >= 15 is 0 Å². The molecule has 0 aliphatic carbocycles. The Hall–Kier alpha value is -1.99. The van der Waals surface area contributed by atoms with Crippen LogP contribution in [0.2, 0.25) is 0 Å². The van der Waals surface area contributed by atoms with Crippen molar-refractivity contribution in [3.05, 3.63) is 30.3 Å². The van der Waals surface area contributed by atoms with Crippen molar-refractivity contribution in [3.8, 4) is 10.6 Å². The van der Waals surface area contributed by atoms with Crippen LogP contribution in [0, 0.1) is 0 Å². The van der Waals surface area contributed by atoms with Gasteiger partial charge in [0, 0.05) is 18.2 Å². The van der Waals surface area contributed by atoms with Gasteiger partial charge in [-0.2, -0.15) is 0 Å². The van der Waals surface area contributed by atoms with E-state index in [0.29, 0.717) is 11.6 Å². The fourth-order valence-corrected chi connectivity index (χ4v) is 2.54. The molecule has 1 heterocycles. The molecule has 2 rings (SSSR count). The smallest absolute Gasteiger partial charge is 0.321 e. The SMILES string of the molecule is CC(CCCO)NC(=O)Nc1nnc(-c2ccccc2)s1. The third-order valence-corrected chi connectivity index (χ3v) is 3.73. The van der Waals surface area contributed by atoms with E-state index in [1.165, 1.54) is 11.3 Å². The van der Waals surface area contributed by atoms with E-state index in [1.807, 2.05) is 37.3 Å². The highest BCUT2D eigenvalue weighted by Gasteiger charge is 2.11. The lowest BCUT2D eigenvalue weighted by Crippen LogP contribution is -2.36. The fourth-order valence-electron chi connectivity index (χ4n) is 1.80. The van der Waals surface area contributed by atoms with Crippen molar-refractivity contribution in [1.82, 2.24) is 15.5 Å². The van der Waals surface area contributed by atoms with E-state index < -0.39 is 0 Å². The zero-order chi connectivity index (χ0) is 15.1. The van der Waals surface area contributed by atoms with E-state index in [1.54, 1.807) is 0 Å². The third-order valence-electron chi connectivity index (χ3n) is 2.84. The minimum absolute atomic E-state index is 0.00124. The van der Waals surface area contributed by atoms with Crippen LogP contribution in [0.1, 0.15) is 19.8 Å². The average molecular weight is 306 g/mol. The molecular weight excluding hydrogens is 288 g/mol. The van der Waals surface area contributed by atoms with Gasteiger partial charge in [0.1, 0.15) is 5.01 Å². The number of hydrogen-bond acceptors (Lipinski definition) is 5. The van der Waals surface area contributed by atoms with Gasteiger partial charge < -0.3 is 10.4 Å². The van der Waals surface area contributed by atoms with Gasteiger partial charge in [-0.1, -0.05) is 41.7 Å². The van der Waals surface area contributed by atoms with Crippen molar-refractivity contribution < 1.29 is 9.90 Å². The third kappa shape index (κ3) is 4.80. The Morgan fingerprint density at radius 2 is 2.10 bits per heavy atom. The fraction of sp³-hybridized carbons (Fsp3) is 0.357. The molecule has 0 radical (unpaired) electrons. The summed E-state index contributed by atoms with van der Waals surface area (Å²) in [5.41, 5.74) is 0.972. The predicted octanol–water partition coefficient (Wildman–Crippen LogP) is 2.49. The second kappa shape index (κ2) is 7.70. The Balaban J connectivity index is 1.89. The van der Waals surface area contributed by atoms with Crippen molar-refractivity contribution >= 4 is 22.5 Å². The monoisotopic (exact) mass is 306 g/mol. The lowest BCUT2D eigenvalue weighted by molar-refractivity contribution is 0.245. The number of benzene rings is 1. The summed E-state index contributed by atoms with van der Waals surface area (Å²) in [5.74, 6) is 0. The first-order valence-corrected chi connectivity index (χ1v) is 7.58. The summed E-state index contributed by atoms with van der Waals surface area (Å²) in [4.78, 5) is 11.8. The molecule has 1 atom stereocenters. The number of aliphatic hydroxyl groups is 1. The quantitative estimate of drug-likeness (QED) is 0.765. The van der Waals surface area contributed by atoms with Gasteiger partial charge in [0.05, 0.1) is 0 Å². The van der Waals surface area contributed by atoms with Crippen LogP contribution in [-0.2, 0) is 0 Å². The first-order chi connectivity index (χ1) is 10.2. The molecule has 0 spiro atoms. The molecule has 0 aliphatic rings. The Kier molecular flexibility index (Phi) is 5.65. The van der Waals surface area contributed by atoms with Gasteiger partial charge in [0.25, 0.3) is 0 Å². The van der Waals surface area contributed by atoms with Crippen molar-refractivity contribution in [1.29, 1.82) is 0 Å². The van der Waals surface area contributed by atoms with Crippen LogP contribution in [0.4, 0.5) is 9.93 Å². The summed E-state index contributed by atoms with van der Waals surface area (Å²) in [6.45, 7) is 2.02. The summed E-state index contributed by atoms with van der Waals surface area (Å²) >= 11 is 1.33. The summed E-state index contributed by atoms with van der Waals surface area (Å²) in [6, 6.07) is 9.38. The van der Waals surface area contributed by atoms with Gasteiger partial charge in [-0.15, -0.1) is 10.2 Å². The van der Waals surface area contributed by atoms with Crippen molar-refractivity contribution in [2.75, 3.05) is 11.9 Å². The van der Waals surface area contributed by atoms with Gasteiger partial charge in [0.15, 0.2) is 0 Å². The first-order valence-electron chi connectivity index (χ1n) is 6.76. The second-order valence-corrected chi connectivity index (χ2v) is 5.62. The van der Waals surface area contributed by atoms with Crippen LogP contribution in [0.25, 0.3) is 10.6 Å². The van der Waals surface area contributed by atoms with Crippen molar-refractivity contribution in [2.45, 2.75) is 25.8 Å². The lowest BCUT2D eigenvalue weighted by Gasteiger charge is -2.12. The van der Waals surface area contributed by atoms with Gasteiger partial charge in [-0.3, -0.25) is 5.32 Å². The molecule has 2 amide bonds. The van der Waals surface area contributed by atoms with Crippen molar-refractivity contribution in [2.24, 2.45) is 0 Å². The molecule has 112 valence electrons. The summed E-state index contributed by atoms with van der Waals surface area (Å²) in [5, 5.41) is 23.5. The number of amides is 2. The molecule has 1 aromatic carbocycles. The molecule has 21 heavy (non-hydrogen) atoms. The predicted molar refractivity (Wildman–Crippen MR) is 83.3 cm³/mol. The van der Waals surface area contributed by atoms with Crippen LogP contribution >= 0.6 is 11.3 Å². The number of anilines is 1. The average Bonchev–Trinajstić information content (AvgIpc) is 2.94. The standard InChI is InChI=1S/C14H18N4O2S/c1-10(6-5-9-19)15-13(20)16-14-18-17-12(21-14)11-7-3-2-4-8-11/h2-4,7-8,10,19H,5-6,9H2,1H3,(H2,15,16,18,20). The van der Waals surface area contributed by atoms with Gasteiger partial charge in [0.2, 0.25) is 5.13 Å². The molecule has 3 N–H and O–H groups in total. The molecule has 1 unspecified atom stereocenters. The van der Waals surface area contributed by atoms with Gasteiger partial charge in [-0.05, 0) is 19.8 Å². The number of nitrogens with zero attached hydrogens (tertiary/aromatic N) is 2. The number of aliphatic hydroxyl groups excluding tert-OH is 1. The molecule has 0 saturated carbocycles. The summed E-state index contributed by atoms with van der Waals surface area (Å²) in [6.07, 6.45) is 1.40. The topological polar surface area (TPSA) is 87.1 Å². The van der Waals surface area contributed by atoms with Crippen LogP contribution in [0.3, 0.4) is 0 Å². The van der Waals surface area contributed by atoms with E-state index in [2.05, 4.69) is 20.8 Å². The van der Waals surface area contributed by atoms with Crippen LogP contribution in [-0.4, -0.2) is 34.0 Å². The summed E-state index contributed by atoms with van der Waals surface area (Å²) < 4.78 is 0. The number of aromatic nitrogens is 2. The largest absolute Gasteiger partial charge is 0.396 e. The molecule has 1 aromatic heterocycles. The Morgan fingerprint density at radius 1 is 1.33 bits per heavy atom. The highest BCUT2D eigenvalue weighted by Crippen LogP contribution is 2.25. The maximum atomic E-state index is 11.8. The second-order valence-electron chi connectivity index (χ2n) is 4.64. The molecular formula is C14H18N4O2S. The zero-order valence-corrected chi connectivity index (χ0v) is 12.6. The highest BCUT2D eigenvalue weighted by atomic mass is 32.1. The number of carbonyl (C=O) groups is 1. The number of rotatable bonds is 6. The Morgan fingerprint density at radius 3 is 2.81 bits per heavy atom. The van der Waals surface area contributed by atoms with E-state index in [9.17, 15) is 4.79 Å². The maximum absolute atomic E-state index is 11.8. The van der Waals surface area contributed by atoms with E-state index in [-0.39, 0.29) is 18.7 Å². The number of urea groups is 1. The number of nitrogens with one attached hydrogen (secondary N) is 2. The minimum Gasteiger partial charge on any atom is -0.396 e. The minimum atomic E-state index is -0.309. The van der Waals surface area contributed by atoms with Crippen LogP contribution in [0.5, 0.6) is 0 Å². The molecule has 7 heteroatoms. The Bertz CT molecular complexity index is 573. The number of hydrogen-bond donors (Lipinski definition) is 3. The molecule has 0 fully saturated rings. The maximum Gasteiger partial charge on any atom is 0.321 e. The first kappa shape index (κ1) is 15.4. The van der Waals surface area contributed by atoms with E-state index in [0.717, 1.165) is 17.0 Å². The number of carbonyl (C=O) groups excluding carboxylic acids is 1.